The summed E-state index contributed by atoms with van der Waals surface area (Å²) in [6.07, 6.45) is 0. The van der Waals surface area contributed by atoms with Crippen molar-refractivity contribution in [1.29, 1.82) is 0 Å². The van der Waals surface area contributed by atoms with E-state index in [1.807, 2.05) is 13.0 Å². The van der Waals surface area contributed by atoms with E-state index >= 15 is 0 Å². The topological polar surface area (TPSA) is 88.2 Å². The molecule has 1 heterocycles. The molecule has 0 fully saturated rings. The summed E-state index contributed by atoms with van der Waals surface area (Å²) in [5.74, 6) is -0.213. The summed E-state index contributed by atoms with van der Waals surface area (Å²) in [5, 5.41) is 3.11. The lowest BCUT2D eigenvalue weighted by Gasteiger charge is -2.05. The molecule has 0 unspecified atom stereocenters. The summed E-state index contributed by atoms with van der Waals surface area (Å²) in [7, 11) is -3.71. The second-order valence-electron chi connectivity index (χ2n) is 6.44. The van der Waals surface area contributed by atoms with Gasteiger partial charge in [-0.1, -0.05) is 47.2 Å². The van der Waals surface area contributed by atoms with E-state index in [0.717, 1.165) is 10.3 Å². The highest BCUT2D eigenvalue weighted by Crippen LogP contribution is 2.30. The Bertz CT molecular complexity index is 1280. The Kier molecular flexibility index (Phi) is 5.04. The number of hydrogen-bond donors (Lipinski definition) is 2. The molecule has 8 heteroatoms. The number of benzene rings is 3. The van der Waals surface area contributed by atoms with Gasteiger partial charge in [0, 0.05) is 11.3 Å². The van der Waals surface area contributed by atoms with Crippen LogP contribution in [0, 0.1) is 6.92 Å². The van der Waals surface area contributed by atoms with Crippen LogP contribution in [-0.4, -0.2) is 19.3 Å². The third kappa shape index (κ3) is 4.28. The Morgan fingerprint density at radius 3 is 2.41 bits per heavy atom. The standard InChI is InChI=1S/C21H17N3O3S2/c1-14-7-10-17(11-8-14)29(26,27)24-21-23-18-12-9-16(13-19(18)28-21)22-20(25)15-5-3-2-4-6-15/h2-13H,1H3,(H,22,25)(H,23,24). The molecule has 0 saturated heterocycles. The maximum atomic E-state index is 12.6. The molecular formula is C21H17N3O3S2. The number of aromatic nitrogens is 1. The molecular weight excluding hydrogens is 406 g/mol. The van der Waals surface area contributed by atoms with Crippen LogP contribution >= 0.6 is 11.3 Å². The predicted octanol–water partition coefficient (Wildman–Crippen LogP) is 4.66. The number of rotatable bonds is 5. The van der Waals surface area contributed by atoms with E-state index in [9.17, 15) is 13.2 Å². The van der Waals surface area contributed by atoms with E-state index in [1.165, 1.54) is 11.3 Å². The first-order valence-corrected chi connectivity index (χ1v) is 11.1. The summed E-state index contributed by atoms with van der Waals surface area (Å²) in [4.78, 5) is 16.8. The van der Waals surface area contributed by atoms with Gasteiger partial charge in [-0.15, -0.1) is 0 Å². The molecule has 0 atom stereocenters. The number of aryl methyl sites for hydroxylation is 1. The van der Waals surface area contributed by atoms with E-state index in [0.29, 0.717) is 16.8 Å². The van der Waals surface area contributed by atoms with Gasteiger partial charge in [0.25, 0.3) is 15.9 Å². The van der Waals surface area contributed by atoms with E-state index < -0.39 is 10.0 Å². The van der Waals surface area contributed by atoms with Gasteiger partial charge < -0.3 is 5.32 Å². The van der Waals surface area contributed by atoms with Crippen LogP contribution in [0.1, 0.15) is 15.9 Å². The minimum Gasteiger partial charge on any atom is -0.322 e. The van der Waals surface area contributed by atoms with Crippen LogP contribution in [0.25, 0.3) is 10.2 Å². The lowest BCUT2D eigenvalue weighted by molar-refractivity contribution is 0.102. The lowest BCUT2D eigenvalue weighted by Crippen LogP contribution is -2.12. The molecule has 0 aliphatic heterocycles. The first kappa shape index (κ1) is 19.1. The summed E-state index contributed by atoms with van der Waals surface area (Å²) in [6, 6.07) is 20.8. The zero-order valence-electron chi connectivity index (χ0n) is 15.4. The second kappa shape index (κ2) is 7.65. The number of fused-ring (bicyclic) bond motifs is 1. The quantitative estimate of drug-likeness (QED) is 0.489. The smallest absolute Gasteiger partial charge is 0.263 e. The third-order valence-electron chi connectivity index (χ3n) is 4.24. The number of carbonyl (C=O) groups excluding carboxylic acids is 1. The first-order valence-electron chi connectivity index (χ1n) is 8.77. The van der Waals surface area contributed by atoms with Gasteiger partial charge in [-0.3, -0.25) is 9.52 Å². The molecule has 29 heavy (non-hydrogen) atoms. The highest BCUT2D eigenvalue weighted by Gasteiger charge is 2.16. The van der Waals surface area contributed by atoms with Crippen molar-refractivity contribution >= 4 is 48.3 Å². The summed E-state index contributed by atoms with van der Waals surface area (Å²) >= 11 is 1.21. The van der Waals surface area contributed by atoms with Crippen molar-refractivity contribution in [1.82, 2.24) is 4.98 Å². The molecule has 0 saturated carbocycles. The van der Waals surface area contributed by atoms with Gasteiger partial charge in [-0.2, -0.15) is 0 Å². The van der Waals surface area contributed by atoms with Crippen molar-refractivity contribution in [3.63, 3.8) is 0 Å². The van der Waals surface area contributed by atoms with Gasteiger partial charge in [0.15, 0.2) is 5.13 Å². The van der Waals surface area contributed by atoms with E-state index in [2.05, 4.69) is 15.0 Å². The fourth-order valence-corrected chi connectivity index (χ4v) is 4.87. The van der Waals surface area contributed by atoms with Crippen molar-refractivity contribution in [2.75, 3.05) is 10.0 Å². The molecule has 0 spiro atoms. The van der Waals surface area contributed by atoms with Gasteiger partial charge in [-0.25, -0.2) is 13.4 Å². The SMILES string of the molecule is Cc1ccc(S(=O)(=O)Nc2nc3ccc(NC(=O)c4ccccc4)cc3s2)cc1. The summed E-state index contributed by atoms with van der Waals surface area (Å²) < 4.78 is 28.4. The average molecular weight is 424 g/mol. The van der Waals surface area contributed by atoms with Crippen molar-refractivity contribution in [2.45, 2.75) is 11.8 Å². The molecule has 0 radical (unpaired) electrons. The van der Waals surface area contributed by atoms with Crippen molar-refractivity contribution in [3.8, 4) is 0 Å². The zero-order valence-corrected chi connectivity index (χ0v) is 17.0. The number of amides is 1. The number of hydrogen-bond acceptors (Lipinski definition) is 5. The van der Waals surface area contributed by atoms with Crippen LogP contribution in [0.4, 0.5) is 10.8 Å². The monoisotopic (exact) mass is 423 g/mol. The van der Waals surface area contributed by atoms with Crippen molar-refractivity contribution in [2.24, 2.45) is 0 Å². The first-order chi connectivity index (χ1) is 13.9. The largest absolute Gasteiger partial charge is 0.322 e. The van der Waals surface area contributed by atoms with Crippen LogP contribution < -0.4 is 10.0 Å². The molecule has 0 aliphatic carbocycles. The van der Waals surface area contributed by atoms with Gasteiger partial charge in [-0.05, 0) is 49.4 Å². The minimum atomic E-state index is -3.71. The highest BCUT2D eigenvalue weighted by molar-refractivity contribution is 7.93. The molecule has 3 aromatic carbocycles. The van der Waals surface area contributed by atoms with Gasteiger partial charge >= 0.3 is 0 Å². The zero-order chi connectivity index (χ0) is 20.4. The summed E-state index contributed by atoms with van der Waals surface area (Å²) in [5.41, 5.74) is 2.80. The maximum Gasteiger partial charge on any atom is 0.263 e. The number of carbonyl (C=O) groups is 1. The van der Waals surface area contributed by atoms with Gasteiger partial charge in [0.1, 0.15) is 0 Å². The number of nitrogens with one attached hydrogen (secondary N) is 2. The van der Waals surface area contributed by atoms with Gasteiger partial charge in [0.2, 0.25) is 0 Å². The average Bonchev–Trinajstić information content (AvgIpc) is 3.09. The van der Waals surface area contributed by atoms with E-state index in [-0.39, 0.29) is 15.9 Å². The molecule has 0 bridgehead atoms. The minimum absolute atomic E-state index is 0.179. The number of anilines is 2. The van der Waals surface area contributed by atoms with Crippen LogP contribution in [0.2, 0.25) is 0 Å². The molecule has 146 valence electrons. The second-order valence-corrected chi connectivity index (χ2v) is 9.15. The van der Waals surface area contributed by atoms with Crippen molar-refractivity contribution < 1.29 is 13.2 Å². The van der Waals surface area contributed by atoms with Crippen LogP contribution in [0.3, 0.4) is 0 Å². The molecule has 6 nitrogen and oxygen atoms in total. The lowest BCUT2D eigenvalue weighted by atomic mass is 10.2. The Morgan fingerprint density at radius 2 is 1.69 bits per heavy atom. The van der Waals surface area contributed by atoms with Crippen LogP contribution in [0.5, 0.6) is 0 Å². The van der Waals surface area contributed by atoms with Crippen LogP contribution in [-0.2, 0) is 10.0 Å². The molecule has 0 aliphatic rings. The fourth-order valence-electron chi connectivity index (χ4n) is 2.73. The van der Waals surface area contributed by atoms with Crippen LogP contribution in [0.15, 0.2) is 77.7 Å². The third-order valence-corrected chi connectivity index (χ3v) is 6.65. The molecule has 1 aromatic heterocycles. The number of nitrogens with zero attached hydrogens (tertiary/aromatic N) is 1. The predicted molar refractivity (Wildman–Crippen MR) is 116 cm³/mol. The fraction of sp³-hybridized carbons (Fsp3) is 0.0476. The number of thiazole rings is 1. The molecule has 1 amide bonds. The number of sulfonamides is 1. The maximum absolute atomic E-state index is 12.6. The van der Waals surface area contributed by atoms with Gasteiger partial charge in [0.05, 0.1) is 15.1 Å². The molecule has 4 rings (SSSR count). The van der Waals surface area contributed by atoms with E-state index in [1.54, 1.807) is 66.7 Å². The molecule has 2 N–H and O–H groups in total. The Morgan fingerprint density at radius 1 is 0.966 bits per heavy atom. The Hall–Kier alpha value is -3.23. The highest BCUT2D eigenvalue weighted by atomic mass is 32.2. The molecule has 4 aromatic rings. The normalized spacial score (nSPS) is 11.3. The van der Waals surface area contributed by atoms with Crippen molar-refractivity contribution in [3.05, 3.63) is 83.9 Å². The van der Waals surface area contributed by atoms with E-state index in [4.69, 9.17) is 0 Å². The Balaban J connectivity index is 1.55. The Labute approximate surface area is 172 Å². The summed E-state index contributed by atoms with van der Waals surface area (Å²) in [6.45, 7) is 1.89.